The van der Waals surface area contributed by atoms with Crippen molar-refractivity contribution in [3.63, 3.8) is 0 Å². The second-order valence-electron chi connectivity index (χ2n) is 4.14. The molecule has 0 bridgehead atoms. The molecule has 18 heavy (non-hydrogen) atoms. The molecule has 2 aromatic rings. The minimum Gasteiger partial charge on any atom is -0.383 e. The molecule has 0 spiro atoms. The standard InChI is InChI=1S/C14H15N3O/c1-10-5-7-11(8-6-10)17(2)14(18)12-4-3-9-16-13(12)15/h3-9H,1-2H3,(H2,15,16). The van der Waals surface area contributed by atoms with Gasteiger partial charge in [-0.05, 0) is 31.2 Å². The van der Waals surface area contributed by atoms with E-state index in [4.69, 9.17) is 5.73 Å². The van der Waals surface area contributed by atoms with Gasteiger partial charge < -0.3 is 10.6 Å². The van der Waals surface area contributed by atoms with Gasteiger partial charge >= 0.3 is 0 Å². The summed E-state index contributed by atoms with van der Waals surface area (Å²) >= 11 is 0. The molecule has 0 saturated heterocycles. The molecule has 1 heterocycles. The summed E-state index contributed by atoms with van der Waals surface area (Å²) in [6, 6.07) is 11.1. The summed E-state index contributed by atoms with van der Waals surface area (Å²) in [5.74, 6) is 0.0888. The Kier molecular flexibility index (Phi) is 3.28. The summed E-state index contributed by atoms with van der Waals surface area (Å²) in [4.78, 5) is 17.7. The normalized spacial score (nSPS) is 10.1. The molecule has 0 saturated carbocycles. The Morgan fingerprint density at radius 1 is 1.22 bits per heavy atom. The lowest BCUT2D eigenvalue weighted by molar-refractivity contribution is 0.0993. The Morgan fingerprint density at radius 3 is 2.50 bits per heavy atom. The fraction of sp³-hybridized carbons (Fsp3) is 0.143. The van der Waals surface area contributed by atoms with Gasteiger partial charge in [-0.2, -0.15) is 0 Å². The van der Waals surface area contributed by atoms with Crippen LogP contribution in [0.3, 0.4) is 0 Å². The van der Waals surface area contributed by atoms with Gasteiger partial charge in [0.05, 0.1) is 5.56 Å². The van der Waals surface area contributed by atoms with E-state index in [1.807, 2.05) is 31.2 Å². The van der Waals surface area contributed by atoms with Gasteiger partial charge in [0.1, 0.15) is 5.82 Å². The maximum Gasteiger partial charge on any atom is 0.261 e. The number of pyridine rings is 1. The predicted molar refractivity (Wildman–Crippen MR) is 72.6 cm³/mol. The Labute approximate surface area is 106 Å². The highest BCUT2D eigenvalue weighted by molar-refractivity contribution is 6.08. The molecule has 1 amide bonds. The highest BCUT2D eigenvalue weighted by Crippen LogP contribution is 2.18. The number of aromatic nitrogens is 1. The van der Waals surface area contributed by atoms with Gasteiger partial charge in [0.15, 0.2) is 0 Å². The first-order chi connectivity index (χ1) is 8.59. The van der Waals surface area contributed by atoms with Gasteiger partial charge in [0, 0.05) is 18.9 Å². The van der Waals surface area contributed by atoms with Crippen LogP contribution in [0, 0.1) is 6.92 Å². The predicted octanol–water partition coefficient (Wildman–Crippen LogP) is 2.25. The number of hydrogen-bond acceptors (Lipinski definition) is 3. The van der Waals surface area contributed by atoms with E-state index in [0.29, 0.717) is 5.56 Å². The van der Waals surface area contributed by atoms with Crippen LogP contribution in [0.25, 0.3) is 0 Å². The first-order valence-electron chi connectivity index (χ1n) is 5.65. The lowest BCUT2D eigenvalue weighted by atomic mass is 10.2. The van der Waals surface area contributed by atoms with E-state index < -0.39 is 0 Å². The van der Waals surface area contributed by atoms with Crippen molar-refractivity contribution in [3.8, 4) is 0 Å². The summed E-state index contributed by atoms with van der Waals surface area (Å²) in [5, 5.41) is 0. The molecule has 1 aromatic carbocycles. The molecule has 1 aromatic heterocycles. The fourth-order valence-electron chi connectivity index (χ4n) is 1.66. The minimum atomic E-state index is -0.163. The molecule has 0 aliphatic heterocycles. The SMILES string of the molecule is Cc1ccc(N(C)C(=O)c2cccnc2N)cc1. The largest absolute Gasteiger partial charge is 0.383 e. The highest BCUT2D eigenvalue weighted by atomic mass is 16.2. The van der Waals surface area contributed by atoms with Crippen LogP contribution in [0.4, 0.5) is 11.5 Å². The number of benzene rings is 1. The topological polar surface area (TPSA) is 59.2 Å². The number of carbonyl (C=O) groups is 1. The molecule has 0 aliphatic rings. The minimum absolute atomic E-state index is 0.163. The fourth-order valence-corrected chi connectivity index (χ4v) is 1.66. The Hall–Kier alpha value is -2.36. The van der Waals surface area contributed by atoms with Gasteiger partial charge in [-0.25, -0.2) is 4.98 Å². The van der Waals surface area contributed by atoms with Crippen LogP contribution in [0.2, 0.25) is 0 Å². The van der Waals surface area contributed by atoms with Crippen molar-refractivity contribution < 1.29 is 4.79 Å². The monoisotopic (exact) mass is 241 g/mol. The molecule has 2 rings (SSSR count). The summed E-state index contributed by atoms with van der Waals surface area (Å²) in [6.45, 7) is 2.00. The van der Waals surface area contributed by atoms with E-state index in [-0.39, 0.29) is 11.7 Å². The number of hydrogen-bond donors (Lipinski definition) is 1. The molecule has 2 N–H and O–H groups in total. The van der Waals surface area contributed by atoms with Crippen molar-refractivity contribution in [3.05, 3.63) is 53.7 Å². The van der Waals surface area contributed by atoms with Crippen LogP contribution in [0.5, 0.6) is 0 Å². The number of rotatable bonds is 2. The highest BCUT2D eigenvalue weighted by Gasteiger charge is 2.16. The number of nitrogens with zero attached hydrogens (tertiary/aromatic N) is 2. The van der Waals surface area contributed by atoms with E-state index >= 15 is 0 Å². The third-order valence-corrected chi connectivity index (χ3v) is 2.79. The van der Waals surface area contributed by atoms with Crippen molar-refractivity contribution in [2.75, 3.05) is 17.7 Å². The first kappa shape index (κ1) is 12.1. The molecule has 4 heteroatoms. The quantitative estimate of drug-likeness (QED) is 0.877. The molecular formula is C14H15N3O. The molecule has 0 unspecified atom stereocenters. The molecule has 0 fully saturated rings. The van der Waals surface area contributed by atoms with Gasteiger partial charge in [-0.3, -0.25) is 4.79 Å². The maximum absolute atomic E-state index is 12.3. The van der Waals surface area contributed by atoms with Crippen LogP contribution in [0.1, 0.15) is 15.9 Å². The van der Waals surface area contributed by atoms with E-state index in [1.54, 1.807) is 30.3 Å². The number of carbonyl (C=O) groups excluding carboxylic acids is 1. The number of amides is 1. The molecule has 92 valence electrons. The van der Waals surface area contributed by atoms with Gasteiger partial charge in [0.25, 0.3) is 5.91 Å². The molecule has 0 aliphatic carbocycles. The second kappa shape index (κ2) is 4.87. The Balaban J connectivity index is 2.29. The summed E-state index contributed by atoms with van der Waals surface area (Å²) in [7, 11) is 1.72. The number of anilines is 2. The smallest absolute Gasteiger partial charge is 0.261 e. The van der Waals surface area contributed by atoms with E-state index in [2.05, 4.69) is 4.98 Å². The zero-order valence-electron chi connectivity index (χ0n) is 10.4. The average molecular weight is 241 g/mol. The molecule has 4 nitrogen and oxygen atoms in total. The van der Waals surface area contributed by atoms with Gasteiger partial charge in [0.2, 0.25) is 0 Å². The van der Waals surface area contributed by atoms with Crippen LogP contribution >= 0.6 is 0 Å². The summed E-state index contributed by atoms with van der Waals surface area (Å²) in [6.07, 6.45) is 1.57. The van der Waals surface area contributed by atoms with Crippen molar-refractivity contribution in [1.29, 1.82) is 0 Å². The number of aryl methyl sites for hydroxylation is 1. The third kappa shape index (κ3) is 2.32. The van der Waals surface area contributed by atoms with Gasteiger partial charge in [-0.1, -0.05) is 17.7 Å². The van der Waals surface area contributed by atoms with Crippen molar-refractivity contribution in [1.82, 2.24) is 4.98 Å². The van der Waals surface area contributed by atoms with Crippen LogP contribution in [-0.2, 0) is 0 Å². The van der Waals surface area contributed by atoms with E-state index in [1.165, 1.54) is 0 Å². The Morgan fingerprint density at radius 2 is 1.89 bits per heavy atom. The van der Waals surface area contributed by atoms with Crippen molar-refractivity contribution in [2.24, 2.45) is 0 Å². The van der Waals surface area contributed by atoms with Crippen molar-refractivity contribution in [2.45, 2.75) is 6.92 Å². The van der Waals surface area contributed by atoms with Gasteiger partial charge in [-0.15, -0.1) is 0 Å². The average Bonchev–Trinajstić information content (AvgIpc) is 2.38. The molecule has 0 radical (unpaired) electrons. The van der Waals surface area contributed by atoms with Crippen LogP contribution < -0.4 is 10.6 Å². The molecular weight excluding hydrogens is 226 g/mol. The first-order valence-corrected chi connectivity index (χ1v) is 5.65. The van der Waals surface area contributed by atoms with Crippen LogP contribution in [-0.4, -0.2) is 17.9 Å². The second-order valence-corrected chi connectivity index (χ2v) is 4.14. The zero-order chi connectivity index (χ0) is 13.1. The number of nitrogens with two attached hydrogens (primary N) is 1. The van der Waals surface area contributed by atoms with Crippen molar-refractivity contribution >= 4 is 17.4 Å². The molecule has 0 atom stereocenters. The number of nitrogen functional groups attached to an aromatic ring is 1. The van der Waals surface area contributed by atoms with E-state index in [9.17, 15) is 4.79 Å². The summed E-state index contributed by atoms with van der Waals surface area (Å²) < 4.78 is 0. The lowest BCUT2D eigenvalue weighted by Gasteiger charge is -2.18. The van der Waals surface area contributed by atoms with E-state index in [0.717, 1.165) is 11.3 Å². The third-order valence-electron chi connectivity index (χ3n) is 2.79. The van der Waals surface area contributed by atoms with Crippen LogP contribution in [0.15, 0.2) is 42.6 Å². The zero-order valence-corrected chi connectivity index (χ0v) is 10.4. The summed E-state index contributed by atoms with van der Waals surface area (Å²) in [5.41, 5.74) is 8.10. The maximum atomic E-state index is 12.3. The Bertz CT molecular complexity index is 564. The lowest BCUT2D eigenvalue weighted by Crippen LogP contribution is -2.27.